The van der Waals surface area contributed by atoms with Gasteiger partial charge < -0.3 is 10.1 Å². The van der Waals surface area contributed by atoms with Crippen LogP contribution in [0.25, 0.3) is 0 Å². The van der Waals surface area contributed by atoms with Crippen LogP contribution in [-0.2, 0) is 14.3 Å². The molecule has 0 aliphatic rings. The van der Waals surface area contributed by atoms with Crippen LogP contribution in [0.5, 0.6) is 0 Å². The second kappa shape index (κ2) is 9.15. The Morgan fingerprint density at radius 3 is 2.62 bits per heavy atom. The monoisotopic (exact) mass is 230 g/mol. The van der Waals surface area contributed by atoms with Crippen molar-refractivity contribution in [3.05, 3.63) is 0 Å². The minimum Gasteiger partial charge on any atom is -0.469 e. The second-order valence-electron chi connectivity index (χ2n) is 3.77. The minimum atomic E-state index is -0.252. The first-order valence-corrected chi connectivity index (χ1v) is 5.62. The first kappa shape index (κ1) is 14.9. The van der Waals surface area contributed by atoms with E-state index in [1.165, 1.54) is 7.11 Å². The van der Waals surface area contributed by atoms with E-state index >= 15 is 0 Å². The molecule has 0 aromatic heterocycles. The smallest absolute Gasteiger partial charge is 0.306 e. The van der Waals surface area contributed by atoms with E-state index in [0.29, 0.717) is 19.5 Å². The minimum absolute atomic E-state index is 0.000755. The maximum absolute atomic E-state index is 11.4. The largest absolute Gasteiger partial charge is 0.469 e. The lowest BCUT2D eigenvalue weighted by molar-refractivity contribution is -0.141. The van der Waals surface area contributed by atoms with Crippen LogP contribution < -0.4 is 5.32 Å². The number of likely N-dealkylation sites (N-methyl/N-ethyl adjacent to an activating group) is 1. The van der Waals surface area contributed by atoms with Gasteiger partial charge in [0.2, 0.25) is 5.91 Å². The van der Waals surface area contributed by atoms with Crippen LogP contribution in [0.3, 0.4) is 0 Å². The lowest BCUT2D eigenvalue weighted by Gasteiger charge is -2.15. The van der Waals surface area contributed by atoms with E-state index in [-0.39, 0.29) is 11.9 Å². The van der Waals surface area contributed by atoms with E-state index < -0.39 is 0 Å². The van der Waals surface area contributed by atoms with Crippen LogP contribution in [0.2, 0.25) is 0 Å². The Morgan fingerprint density at radius 1 is 1.38 bits per heavy atom. The summed E-state index contributed by atoms with van der Waals surface area (Å²) in [5.74, 6) is -0.251. The summed E-state index contributed by atoms with van der Waals surface area (Å²) in [6, 6.07) is 0. The van der Waals surface area contributed by atoms with Crippen LogP contribution in [0.4, 0.5) is 0 Å². The molecule has 0 aromatic carbocycles. The number of esters is 1. The molecule has 0 heterocycles. The molecule has 5 nitrogen and oxygen atoms in total. The summed E-state index contributed by atoms with van der Waals surface area (Å²) in [5.41, 5.74) is 0. The predicted octanol–water partition coefficient (Wildman–Crippen LogP) is 0.398. The third kappa shape index (κ3) is 8.23. The molecule has 0 saturated carbocycles. The van der Waals surface area contributed by atoms with Crippen molar-refractivity contribution in [2.24, 2.45) is 0 Å². The Bertz CT molecular complexity index is 219. The molecule has 0 bridgehead atoms. The van der Waals surface area contributed by atoms with Gasteiger partial charge in [-0.3, -0.25) is 14.5 Å². The SMILES string of the molecule is CCCCNC(=O)CN(C)CCC(=O)OC. The van der Waals surface area contributed by atoms with Crippen molar-refractivity contribution >= 4 is 11.9 Å². The van der Waals surface area contributed by atoms with Gasteiger partial charge in [-0.2, -0.15) is 0 Å². The van der Waals surface area contributed by atoms with Gasteiger partial charge in [0.1, 0.15) is 0 Å². The van der Waals surface area contributed by atoms with Gasteiger partial charge >= 0.3 is 5.97 Å². The number of methoxy groups -OCH3 is 1. The topological polar surface area (TPSA) is 58.6 Å². The van der Waals surface area contributed by atoms with Crippen LogP contribution in [0.15, 0.2) is 0 Å². The van der Waals surface area contributed by atoms with Gasteiger partial charge in [-0.1, -0.05) is 13.3 Å². The van der Waals surface area contributed by atoms with Crippen LogP contribution in [0.1, 0.15) is 26.2 Å². The summed E-state index contributed by atoms with van der Waals surface area (Å²) in [6.45, 7) is 3.66. The number of rotatable bonds is 8. The summed E-state index contributed by atoms with van der Waals surface area (Å²) < 4.78 is 4.52. The van der Waals surface area contributed by atoms with Crippen molar-refractivity contribution in [1.29, 1.82) is 0 Å². The van der Waals surface area contributed by atoms with Crippen LogP contribution in [0, 0.1) is 0 Å². The average Bonchev–Trinajstić information content (AvgIpc) is 2.26. The lowest BCUT2D eigenvalue weighted by atomic mass is 10.3. The Kier molecular flexibility index (Phi) is 8.52. The zero-order valence-electron chi connectivity index (χ0n) is 10.4. The van der Waals surface area contributed by atoms with E-state index in [1.54, 1.807) is 4.90 Å². The Labute approximate surface area is 97.1 Å². The standard InChI is InChI=1S/C11H22N2O3/c1-4-5-7-12-10(14)9-13(2)8-6-11(15)16-3/h4-9H2,1-3H3,(H,12,14). The number of nitrogens with zero attached hydrogens (tertiary/aromatic N) is 1. The van der Waals surface area contributed by atoms with Gasteiger partial charge in [0.25, 0.3) is 0 Å². The fourth-order valence-electron chi connectivity index (χ4n) is 1.17. The third-order valence-electron chi connectivity index (χ3n) is 2.19. The van der Waals surface area contributed by atoms with Gasteiger partial charge in [-0.25, -0.2) is 0 Å². The summed E-state index contributed by atoms with van der Waals surface area (Å²) in [7, 11) is 3.17. The number of nitrogens with one attached hydrogen (secondary N) is 1. The van der Waals surface area contributed by atoms with Crippen LogP contribution >= 0.6 is 0 Å². The zero-order chi connectivity index (χ0) is 12.4. The normalized spacial score (nSPS) is 10.2. The van der Waals surface area contributed by atoms with Gasteiger partial charge in [0, 0.05) is 13.1 Å². The molecule has 0 aliphatic carbocycles. The molecule has 94 valence electrons. The van der Waals surface area contributed by atoms with Crippen molar-refractivity contribution in [2.75, 3.05) is 33.8 Å². The van der Waals surface area contributed by atoms with Crippen LogP contribution in [-0.4, -0.2) is 50.6 Å². The number of hydrogen-bond acceptors (Lipinski definition) is 4. The van der Waals surface area contributed by atoms with Crippen molar-refractivity contribution in [3.8, 4) is 0 Å². The molecule has 0 atom stereocenters. The van der Waals surface area contributed by atoms with Gasteiger partial charge in [-0.15, -0.1) is 0 Å². The van der Waals surface area contributed by atoms with Crippen molar-refractivity contribution < 1.29 is 14.3 Å². The molecule has 0 aliphatic heterocycles. The highest BCUT2D eigenvalue weighted by Crippen LogP contribution is 1.90. The molecule has 0 rings (SSSR count). The molecule has 1 N–H and O–H groups in total. The second-order valence-corrected chi connectivity index (χ2v) is 3.77. The van der Waals surface area contributed by atoms with Crippen molar-refractivity contribution in [1.82, 2.24) is 10.2 Å². The fourth-order valence-corrected chi connectivity index (χ4v) is 1.17. The molecule has 0 unspecified atom stereocenters. The summed E-state index contributed by atoms with van der Waals surface area (Å²) in [6.07, 6.45) is 2.38. The molecule has 0 fully saturated rings. The quantitative estimate of drug-likeness (QED) is 0.484. The van der Waals surface area contributed by atoms with Crippen molar-refractivity contribution in [3.63, 3.8) is 0 Å². The number of unbranched alkanes of at least 4 members (excludes halogenated alkanes) is 1. The predicted molar refractivity (Wildman–Crippen MR) is 62.0 cm³/mol. The third-order valence-corrected chi connectivity index (χ3v) is 2.19. The zero-order valence-corrected chi connectivity index (χ0v) is 10.4. The van der Waals surface area contributed by atoms with Gasteiger partial charge in [0.05, 0.1) is 20.1 Å². The number of amides is 1. The number of ether oxygens (including phenoxy) is 1. The molecule has 0 spiro atoms. The molecule has 0 radical (unpaired) electrons. The number of carbonyl (C=O) groups excluding carboxylic acids is 2. The molecule has 0 saturated heterocycles. The first-order chi connectivity index (χ1) is 7.60. The Balaban J connectivity index is 3.57. The highest BCUT2D eigenvalue weighted by atomic mass is 16.5. The van der Waals surface area contributed by atoms with E-state index in [9.17, 15) is 9.59 Å². The summed E-state index contributed by atoms with van der Waals surface area (Å²) in [4.78, 5) is 24.0. The first-order valence-electron chi connectivity index (χ1n) is 5.62. The Morgan fingerprint density at radius 2 is 2.06 bits per heavy atom. The van der Waals surface area contributed by atoms with Gasteiger partial charge in [-0.05, 0) is 13.5 Å². The highest BCUT2D eigenvalue weighted by molar-refractivity contribution is 5.78. The molecular formula is C11H22N2O3. The maximum Gasteiger partial charge on any atom is 0.306 e. The van der Waals surface area contributed by atoms with E-state index in [2.05, 4.69) is 17.0 Å². The summed E-state index contributed by atoms with van der Waals surface area (Å²) in [5, 5.41) is 2.82. The van der Waals surface area contributed by atoms with E-state index in [1.807, 2.05) is 7.05 Å². The molecular weight excluding hydrogens is 208 g/mol. The van der Waals surface area contributed by atoms with E-state index in [4.69, 9.17) is 0 Å². The molecule has 1 amide bonds. The lowest BCUT2D eigenvalue weighted by Crippen LogP contribution is -2.36. The Hall–Kier alpha value is -1.10. The highest BCUT2D eigenvalue weighted by Gasteiger charge is 2.08. The fraction of sp³-hybridized carbons (Fsp3) is 0.818. The van der Waals surface area contributed by atoms with E-state index in [0.717, 1.165) is 19.4 Å². The molecule has 0 aromatic rings. The average molecular weight is 230 g/mol. The molecule has 16 heavy (non-hydrogen) atoms. The van der Waals surface area contributed by atoms with Crippen molar-refractivity contribution in [2.45, 2.75) is 26.2 Å². The molecule has 5 heteroatoms. The number of hydrogen-bond donors (Lipinski definition) is 1. The number of carbonyl (C=O) groups is 2. The van der Waals surface area contributed by atoms with Gasteiger partial charge in [0.15, 0.2) is 0 Å². The maximum atomic E-state index is 11.4. The summed E-state index contributed by atoms with van der Waals surface area (Å²) >= 11 is 0.